The molecule has 0 bridgehead atoms. The molecule has 30 heavy (non-hydrogen) atoms. The first kappa shape index (κ1) is 21.5. The first-order valence-corrected chi connectivity index (χ1v) is 11.8. The van der Waals surface area contributed by atoms with Gasteiger partial charge in [-0.05, 0) is 48.5 Å². The number of ether oxygens (including phenoxy) is 1. The van der Waals surface area contributed by atoms with Crippen molar-refractivity contribution >= 4 is 25.8 Å². The Morgan fingerprint density at radius 2 is 1.50 bits per heavy atom. The van der Waals surface area contributed by atoms with Crippen molar-refractivity contribution in [1.82, 2.24) is 4.72 Å². The number of halogens is 1. The number of para-hydroxylation sites is 1. The van der Waals surface area contributed by atoms with E-state index in [1.165, 1.54) is 36.4 Å². The molecule has 0 saturated heterocycles. The van der Waals surface area contributed by atoms with Crippen molar-refractivity contribution in [2.24, 2.45) is 0 Å². The molecule has 0 aliphatic heterocycles. The molecule has 3 aromatic rings. The quantitative estimate of drug-likeness (QED) is 0.620. The van der Waals surface area contributed by atoms with E-state index < -0.39 is 31.6 Å². The van der Waals surface area contributed by atoms with E-state index in [4.69, 9.17) is 4.74 Å². The van der Waals surface area contributed by atoms with Crippen LogP contribution in [0, 0.1) is 5.82 Å². The lowest BCUT2D eigenvalue weighted by Crippen LogP contribution is -2.30. The Bertz CT molecular complexity index is 1300. The summed E-state index contributed by atoms with van der Waals surface area (Å²) < 4.78 is 68.9. The van der Waals surface area contributed by atoms with E-state index in [-0.39, 0.29) is 26.9 Å². The normalized spacial score (nSPS) is 11.7. The van der Waals surface area contributed by atoms with Gasteiger partial charge in [-0.3, -0.25) is 4.79 Å². The molecule has 0 saturated carbocycles. The third-order valence-electron chi connectivity index (χ3n) is 3.94. The van der Waals surface area contributed by atoms with Crippen molar-refractivity contribution in [2.75, 3.05) is 6.26 Å². The highest BCUT2D eigenvalue weighted by Gasteiger charge is 2.22. The summed E-state index contributed by atoms with van der Waals surface area (Å²) in [6.07, 6.45) is 0.994. The Kier molecular flexibility index (Phi) is 5.90. The topological polar surface area (TPSA) is 107 Å². The SMILES string of the molecule is CS(=O)(=O)c1ccc(S(=O)(=O)NC(=O)c2ccccc2Oc2cccc(F)c2)cc1. The molecule has 0 radical (unpaired) electrons. The molecule has 10 heteroatoms. The summed E-state index contributed by atoms with van der Waals surface area (Å²) >= 11 is 0. The molecular weight excluding hydrogens is 433 g/mol. The summed E-state index contributed by atoms with van der Waals surface area (Å²) in [5.74, 6) is -1.33. The number of benzene rings is 3. The number of sulfone groups is 1. The van der Waals surface area contributed by atoms with Crippen LogP contribution in [0.4, 0.5) is 4.39 Å². The second-order valence-corrected chi connectivity index (χ2v) is 9.93. The molecule has 0 fully saturated rings. The molecule has 3 aromatic carbocycles. The maximum absolute atomic E-state index is 13.4. The fourth-order valence-electron chi connectivity index (χ4n) is 2.50. The lowest BCUT2D eigenvalue weighted by atomic mass is 10.2. The highest BCUT2D eigenvalue weighted by atomic mass is 32.2. The summed E-state index contributed by atoms with van der Waals surface area (Å²) in [7, 11) is -7.77. The van der Waals surface area contributed by atoms with Gasteiger partial charge in [-0.15, -0.1) is 0 Å². The van der Waals surface area contributed by atoms with Gasteiger partial charge in [0.15, 0.2) is 9.84 Å². The van der Waals surface area contributed by atoms with Crippen molar-refractivity contribution in [3.63, 3.8) is 0 Å². The minimum atomic E-state index is -4.28. The van der Waals surface area contributed by atoms with Crippen molar-refractivity contribution in [1.29, 1.82) is 0 Å². The molecule has 0 aliphatic rings. The van der Waals surface area contributed by atoms with Crippen molar-refractivity contribution in [3.8, 4) is 11.5 Å². The van der Waals surface area contributed by atoms with Crippen LogP contribution in [-0.4, -0.2) is 29.0 Å². The van der Waals surface area contributed by atoms with Gasteiger partial charge >= 0.3 is 0 Å². The molecule has 0 unspecified atom stereocenters. The number of carbonyl (C=O) groups is 1. The highest BCUT2D eigenvalue weighted by Crippen LogP contribution is 2.26. The molecule has 7 nitrogen and oxygen atoms in total. The zero-order valence-electron chi connectivity index (χ0n) is 15.6. The van der Waals surface area contributed by atoms with E-state index >= 15 is 0 Å². The van der Waals surface area contributed by atoms with Gasteiger partial charge in [0.25, 0.3) is 15.9 Å². The van der Waals surface area contributed by atoms with Crippen LogP contribution in [0.25, 0.3) is 0 Å². The predicted octanol–water partition coefficient (Wildman–Crippen LogP) is 3.14. The summed E-state index contributed by atoms with van der Waals surface area (Å²) in [6.45, 7) is 0. The third-order valence-corrected chi connectivity index (χ3v) is 6.42. The number of sulfonamides is 1. The first-order valence-electron chi connectivity index (χ1n) is 8.46. The third kappa shape index (κ3) is 5.02. The zero-order chi connectivity index (χ0) is 21.9. The van der Waals surface area contributed by atoms with Crippen molar-refractivity contribution in [2.45, 2.75) is 9.79 Å². The van der Waals surface area contributed by atoms with Gasteiger partial charge in [-0.2, -0.15) is 0 Å². The number of hydrogen-bond acceptors (Lipinski definition) is 6. The zero-order valence-corrected chi connectivity index (χ0v) is 17.2. The van der Waals surface area contributed by atoms with Gasteiger partial charge in [0.05, 0.1) is 15.4 Å². The van der Waals surface area contributed by atoms with Gasteiger partial charge in [0.1, 0.15) is 17.3 Å². The number of amides is 1. The van der Waals surface area contributed by atoms with E-state index in [0.717, 1.165) is 36.6 Å². The second-order valence-electron chi connectivity index (χ2n) is 6.23. The van der Waals surface area contributed by atoms with E-state index in [1.807, 2.05) is 4.72 Å². The van der Waals surface area contributed by atoms with Crippen LogP contribution >= 0.6 is 0 Å². The van der Waals surface area contributed by atoms with Gasteiger partial charge in [-0.1, -0.05) is 18.2 Å². The molecule has 0 atom stereocenters. The predicted molar refractivity (Wildman–Crippen MR) is 107 cm³/mol. The molecule has 3 rings (SSSR count). The van der Waals surface area contributed by atoms with E-state index in [9.17, 15) is 26.0 Å². The maximum Gasteiger partial charge on any atom is 0.268 e. The largest absolute Gasteiger partial charge is 0.456 e. The summed E-state index contributed by atoms with van der Waals surface area (Å²) in [5.41, 5.74) is -0.0851. The highest BCUT2D eigenvalue weighted by molar-refractivity contribution is 7.91. The fraction of sp³-hybridized carbons (Fsp3) is 0.0500. The molecule has 156 valence electrons. The molecule has 0 spiro atoms. The smallest absolute Gasteiger partial charge is 0.268 e. The lowest BCUT2D eigenvalue weighted by Gasteiger charge is -2.12. The Hall–Kier alpha value is -3.24. The van der Waals surface area contributed by atoms with E-state index in [2.05, 4.69) is 0 Å². The molecule has 1 amide bonds. The Morgan fingerprint density at radius 1 is 0.867 bits per heavy atom. The summed E-state index contributed by atoms with van der Waals surface area (Å²) in [5, 5.41) is 0. The molecule has 0 aromatic heterocycles. The van der Waals surface area contributed by atoms with Crippen LogP contribution in [0.1, 0.15) is 10.4 Å². The maximum atomic E-state index is 13.4. The van der Waals surface area contributed by atoms with Gasteiger partial charge in [-0.25, -0.2) is 25.9 Å². The number of rotatable bonds is 6. The first-order chi connectivity index (χ1) is 14.1. The molecule has 0 aliphatic carbocycles. The van der Waals surface area contributed by atoms with Crippen LogP contribution < -0.4 is 9.46 Å². The van der Waals surface area contributed by atoms with Crippen molar-refractivity contribution < 1.29 is 30.8 Å². The Labute approximate surface area is 173 Å². The molecule has 1 N–H and O–H groups in total. The van der Waals surface area contributed by atoms with Crippen LogP contribution in [0.3, 0.4) is 0 Å². The van der Waals surface area contributed by atoms with E-state index in [0.29, 0.717) is 0 Å². The van der Waals surface area contributed by atoms with Crippen LogP contribution in [-0.2, 0) is 19.9 Å². The van der Waals surface area contributed by atoms with Crippen molar-refractivity contribution in [3.05, 3.63) is 84.2 Å². The molecular formula is C20H16FNO6S2. The number of hydrogen-bond donors (Lipinski definition) is 1. The minimum Gasteiger partial charge on any atom is -0.456 e. The average Bonchev–Trinajstić information content (AvgIpc) is 2.67. The minimum absolute atomic E-state index is 0.0308. The fourth-order valence-corrected chi connectivity index (χ4v) is 4.10. The summed E-state index contributed by atoms with van der Waals surface area (Å²) in [6, 6.07) is 15.6. The molecule has 0 heterocycles. The number of carbonyl (C=O) groups excluding carboxylic acids is 1. The van der Waals surface area contributed by atoms with Gasteiger partial charge in [0.2, 0.25) is 0 Å². The average molecular weight is 449 g/mol. The summed E-state index contributed by atoms with van der Waals surface area (Å²) in [4.78, 5) is 12.3. The standard InChI is InChI=1S/C20H16FNO6S2/c1-29(24,25)16-9-11-17(12-10-16)30(26,27)22-20(23)18-7-2-3-8-19(18)28-15-6-4-5-14(21)13-15/h2-13H,1H3,(H,22,23). The van der Waals surface area contributed by atoms with E-state index in [1.54, 1.807) is 6.07 Å². The van der Waals surface area contributed by atoms with Crippen LogP contribution in [0.2, 0.25) is 0 Å². The Morgan fingerprint density at radius 3 is 2.13 bits per heavy atom. The monoisotopic (exact) mass is 449 g/mol. The Balaban J connectivity index is 1.85. The van der Waals surface area contributed by atoms with Gasteiger partial charge in [0, 0.05) is 12.3 Å². The van der Waals surface area contributed by atoms with Gasteiger partial charge < -0.3 is 4.74 Å². The second kappa shape index (κ2) is 8.25. The number of nitrogens with one attached hydrogen (secondary N) is 1. The van der Waals surface area contributed by atoms with Crippen LogP contribution in [0.5, 0.6) is 11.5 Å². The van der Waals surface area contributed by atoms with Crippen LogP contribution in [0.15, 0.2) is 82.6 Å². The lowest BCUT2D eigenvalue weighted by molar-refractivity contribution is 0.0979.